The molecule has 0 spiro atoms. The molecule has 1 aromatic rings. The van der Waals surface area contributed by atoms with Gasteiger partial charge in [0.05, 0.1) is 0 Å². The van der Waals surface area contributed by atoms with Crippen LogP contribution < -0.4 is 5.32 Å². The third-order valence-electron chi connectivity index (χ3n) is 2.13. The number of halogens is 3. The van der Waals surface area contributed by atoms with Crippen LogP contribution in [0.1, 0.15) is 32.0 Å². The van der Waals surface area contributed by atoms with Crippen LogP contribution in [0.5, 0.6) is 0 Å². The Hall–Kier alpha value is -1.15. The van der Waals surface area contributed by atoms with Crippen molar-refractivity contribution in [2.75, 3.05) is 13.2 Å². The third kappa shape index (κ3) is 7.78. The van der Waals surface area contributed by atoms with Crippen molar-refractivity contribution in [1.82, 2.24) is 15.5 Å². The average molecular weight is 281 g/mol. The van der Waals surface area contributed by atoms with E-state index in [1.54, 1.807) is 0 Å². The van der Waals surface area contributed by atoms with Gasteiger partial charge < -0.3 is 14.6 Å². The first-order chi connectivity index (χ1) is 8.87. The minimum atomic E-state index is -4.34. The number of nitrogens with one attached hydrogen (secondary N) is 1. The van der Waals surface area contributed by atoms with Crippen LogP contribution in [0.2, 0.25) is 0 Å². The Bertz CT molecular complexity index is 366. The molecule has 0 atom stereocenters. The summed E-state index contributed by atoms with van der Waals surface area (Å²) in [6.07, 6.45) is -2.93. The summed E-state index contributed by atoms with van der Waals surface area (Å²) < 4.78 is 44.9. The Morgan fingerprint density at radius 2 is 2.11 bits per heavy atom. The lowest BCUT2D eigenvalue weighted by molar-refractivity contribution is -0.177. The van der Waals surface area contributed by atoms with E-state index in [-0.39, 0.29) is 12.4 Å². The van der Waals surface area contributed by atoms with E-state index in [0.29, 0.717) is 18.4 Å². The van der Waals surface area contributed by atoms with Crippen LogP contribution in [0.15, 0.2) is 4.52 Å². The monoisotopic (exact) mass is 281 g/mol. The summed E-state index contributed by atoms with van der Waals surface area (Å²) in [5, 5.41) is 6.78. The summed E-state index contributed by atoms with van der Waals surface area (Å²) >= 11 is 0. The van der Waals surface area contributed by atoms with Crippen molar-refractivity contribution in [3.8, 4) is 0 Å². The number of hydrogen-bond donors (Lipinski definition) is 1. The first kappa shape index (κ1) is 15.9. The summed E-state index contributed by atoms with van der Waals surface area (Å²) in [7, 11) is 0. The third-order valence-corrected chi connectivity index (χ3v) is 2.13. The van der Waals surface area contributed by atoms with Crippen LogP contribution >= 0.6 is 0 Å². The van der Waals surface area contributed by atoms with Gasteiger partial charge >= 0.3 is 6.18 Å². The number of aryl methyl sites for hydroxylation is 1. The first-order valence-corrected chi connectivity index (χ1v) is 6.06. The van der Waals surface area contributed by atoms with Gasteiger partial charge in [-0.05, 0) is 13.0 Å². The fourth-order valence-electron chi connectivity index (χ4n) is 1.34. The number of nitrogens with zero attached hydrogens (tertiary/aromatic N) is 2. The molecule has 1 heterocycles. The van der Waals surface area contributed by atoms with Crippen LogP contribution in [0.3, 0.4) is 0 Å². The van der Waals surface area contributed by atoms with E-state index in [9.17, 15) is 13.2 Å². The number of aromatic nitrogens is 2. The Kier molecular flexibility index (Phi) is 6.23. The number of alkyl halides is 3. The SMILES string of the molecule is CC(C)NCCCc1nc(COCC(F)(F)F)no1. The molecule has 0 aromatic carbocycles. The van der Waals surface area contributed by atoms with Gasteiger partial charge in [0.15, 0.2) is 5.82 Å². The van der Waals surface area contributed by atoms with Gasteiger partial charge in [-0.1, -0.05) is 19.0 Å². The minimum absolute atomic E-state index is 0.135. The molecule has 0 aliphatic rings. The van der Waals surface area contributed by atoms with E-state index in [0.717, 1.165) is 13.0 Å². The zero-order valence-corrected chi connectivity index (χ0v) is 11.0. The number of rotatable bonds is 8. The van der Waals surface area contributed by atoms with Gasteiger partial charge in [-0.2, -0.15) is 18.2 Å². The Morgan fingerprint density at radius 3 is 2.74 bits per heavy atom. The van der Waals surface area contributed by atoms with Gasteiger partial charge in [0.25, 0.3) is 0 Å². The molecule has 8 heteroatoms. The summed E-state index contributed by atoms with van der Waals surface area (Å²) in [5.41, 5.74) is 0. The average Bonchev–Trinajstić information content (AvgIpc) is 2.70. The highest BCUT2D eigenvalue weighted by Gasteiger charge is 2.27. The van der Waals surface area contributed by atoms with Crippen LogP contribution in [0.4, 0.5) is 13.2 Å². The predicted molar refractivity (Wildman–Crippen MR) is 61.5 cm³/mol. The van der Waals surface area contributed by atoms with Crippen LogP contribution in [0.25, 0.3) is 0 Å². The normalized spacial score (nSPS) is 12.3. The van der Waals surface area contributed by atoms with Crippen molar-refractivity contribution in [2.24, 2.45) is 0 Å². The van der Waals surface area contributed by atoms with Gasteiger partial charge in [0.2, 0.25) is 5.89 Å². The summed E-state index contributed by atoms with van der Waals surface area (Å²) in [5.74, 6) is 0.548. The maximum Gasteiger partial charge on any atom is 0.411 e. The molecule has 0 fully saturated rings. The molecule has 0 bridgehead atoms. The summed E-state index contributed by atoms with van der Waals surface area (Å²) in [6, 6.07) is 0.411. The fourth-order valence-corrected chi connectivity index (χ4v) is 1.34. The molecule has 0 unspecified atom stereocenters. The second-order valence-electron chi connectivity index (χ2n) is 4.42. The van der Waals surface area contributed by atoms with Crippen LogP contribution in [-0.2, 0) is 17.8 Å². The molecule has 0 saturated heterocycles. The number of ether oxygens (including phenoxy) is 1. The van der Waals surface area contributed by atoms with Crippen molar-refractivity contribution in [3.63, 3.8) is 0 Å². The Labute approximate surface area is 109 Å². The van der Waals surface area contributed by atoms with Gasteiger partial charge in [0.1, 0.15) is 13.2 Å². The molecule has 0 radical (unpaired) electrons. The Morgan fingerprint density at radius 1 is 1.37 bits per heavy atom. The highest BCUT2D eigenvalue weighted by Crippen LogP contribution is 2.15. The molecular formula is C11H18F3N3O2. The zero-order chi connectivity index (χ0) is 14.3. The predicted octanol–water partition coefficient (Wildman–Crippen LogP) is 2.08. The van der Waals surface area contributed by atoms with E-state index in [1.807, 2.05) is 13.8 Å². The van der Waals surface area contributed by atoms with Crippen molar-refractivity contribution in [3.05, 3.63) is 11.7 Å². The second kappa shape index (κ2) is 7.44. The van der Waals surface area contributed by atoms with Crippen LogP contribution in [-0.4, -0.2) is 35.5 Å². The largest absolute Gasteiger partial charge is 0.411 e. The van der Waals surface area contributed by atoms with Crippen LogP contribution in [0, 0.1) is 0 Å². The van der Waals surface area contributed by atoms with Gasteiger partial charge in [-0.3, -0.25) is 0 Å². The molecule has 0 amide bonds. The molecule has 19 heavy (non-hydrogen) atoms. The molecule has 0 saturated carbocycles. The van der Waals surface area contributed by atoms with Crippen molar-refractivity contribution in [2.45, 2.75) is 45.5 Å². The second-order valence-corrected chi connectivity index (χ2v) is 4.42. The van der Waals surface area contributed by atoms with Crippen molar-refractivity contribution < 1.29 is 22.4 Å². The van der Waals surface area contributed by atoms with Gasteiger partial charge in [-0.25, -0.2) is 0 Å². The molecule has 110 valence electrons. The summed E-state index contributed by atoms with van der Waals surface area (Å²) in [6.45, 7) is 3.30. The van der Waals surface area contributed by atoms with Gasteiger partial charge in [-0.15, -0.1) is 0 Å². The van der Waals surface area contributed by atoms with E-state index in [1.165, 1.54) is 0 Å². The highest BCUT2D eigenvalue weighted by molar-refractivity contribution is 4.84. The summed E-state index contributed by atoms with van der Waals surface area (Å²) in [4.78, 5) is 3.95. The maximum atomic E-state index is 11.8. The number of hydrogen-bond acceptors (Lipinski definition) is 5. The molecule has 0 aliphatic carbocycles. The molecule has 5 nitrogen and oxygen atoms in total. The zero-order valence-electron chi connectivity index (χ0n) is 11.0. The van der Waals surface area contributed by atoms with E-state index in [4.69, 9.17) is 4.52 Å². The van der Waals surface area contributed by atoms with Gasteiger partial charge in [0, 0.05) is 12.5 Å². The smallest absolute Gasteiger partial charge is 0.364 e. The lowest BCUT2D eigenvalue weighted by Crippen LogP contribution is -2.23. The quantitative estimate of drug-likeness (QED) is 0.739. The first-order valence-electron chi connectivity index (χ1n) is 6.06. The van der Waals surface area contributed by atoms with E-state index in [2.05, 4.69) is 20.2 Å². The molecular weight excluding hydrogens is 263 g/mol. The molecule has 0 aliphatic heterocycles. The Balaban J connectivity index is 2.21. The highest BCUT2D eigenvalue weighted by atomic mass is 19.4. The molecule has 1 N–H and O–H groups in total. The van der Waals surface area contributed by atoms with E-state index >= 15 is 0 Å². The fraction of sp³-hybridized carbons (Fsp3) is 0.818. The molecule has 1 rings (SSSR count). The topological polar surface area (TPSA) is 60.2 Å². The molecule has 1 aromatic heterocycles. The maximum absolute atomic E-state index is 11.8. The standard InChI is InChI=1S/C11H18F3N3O2/c1-8(2)15-5-3-4-10-16-9(17-19-10)6-18-7-11(12,13)14/h8,15H,3-7H2,1-2H3. The lowest BCUT2D eigenvalue weighted by Gasteiger charge is -2.05. The van der Waals surface area contributed by atoms with Crippen molar-refractivity contribution in [1.29, 1.82) is 0 Å². The lowest BCUT2D eigenvalue weighted by atomic mass is 10.3. The minimum Gasteiger partial charge on any atom is -0.364 e. The van der Waals surface area contributed by atoms with Crippen molar-refractivity contribution >= 4 is 0 Å². The van der Waals surface area contributed by atoms with E-state index < -0.39 is 12.8 Å².